The van der Waals surface area contributed by atoms with E-state index in [4.69, 9.17) is 0 Å². The van der Waals surface area contributed by atoms with Crippen molar-refractivity contribution in [1.29, 1.82) is 0 Å². The molecular formula is C12H26N2. The Kier molecular flexibility index (Phi) is 4.90. The van der Waals surface area contributed by atoms with Crippen LogP contribution in [0.2, 0.25) is 0 Å². The molecule has 1 aliphatic heterocycles. The number of hydrogen-bond acceptors (Lipinski definition) is 2. The molecule has 1 heterocycles. The topological polar surface area (TPSA) is 15.3 Å². The van der Waals surface area contributed by atoms with Crippen LogP contribution in [-0.2, 0) is 0 Å². The molecule has 14 heavy (non-hydrogen) atoms. The Morgan fingerprint density at radius 1 is 1.43 bits per heavy atom. The molecule has 1 rings (SSSR count). The maximum absolute atomic E-state index is 3.32. The summed E-state index contributed by atoms with van der Waals surface area (Å²) in [5.74, 6) is 0.899. The highest BCUT2D eigenvalue weighted by molar-refractivity contribution is 4.77. The molecule has 2 nitrogen and oxygen atoms in total. The first-order valence-electron chi connectivity index (χ1n) is 6.04. The summed E-state index contributed by atoms with van der Waals surface area (Å²) in [4.78, 5) is 2.65. The molecule has 1 aliphatic rings. The fraction of sp³-hybridized carbons (Fsp3) is 1.00. The van der Waals surface area contributed by atoms with Crippen molar-refractivity contribution in [2.45, 2.75) is 52.1 Å². The van der Waals surface area contributed by atoms with Crippen molar-refractivity contribution in [3.8, 4) is 0 Å². The van der Waals surface area contributed by atoms with Gasteiger partial charge in [0.25, 0.3) is 0 Å². The predicted octanol–water partition coefficient (Wildman–Crippen LogP) is 2.10. The van der Waals surface area contributed by atoms with Crippen LogP contribution in [-0.4, -0.2) is 37.1 Å². The van der Waals surface area contributed by atoms with Gasteiger partial charge in [-0.25, -0.2) is 0 Å². The van der Waals surface area contributed by atoms with Gasteiger partial charge in [0.05, 0.1) is 0 Å². The normalized spacial score (nSPS) is 28.7. The molecule has 1 N–H and O–H groups in total. The van der Waals surface area contributed by atoms with E-state index in [-0.39, 0.29) is 0 Å². The molecule has 0 bridgehead atoms. The molecule has 0 aromatic heterocycles. The highest BCUT2D eigenvalue weighted by Gasteiger charge is 2.21. The minimum Gasteiger partial charge on any atom is -0.317 e. The van der Waals surface area contributed by atoms with Gasteiger partial charge in [0.2, 0.25) is 0 Å². The van der Waals surface area contributed by atoms with E-state index in [1.807, 2.05) is 0 Å². The van der Waals surface area contributed by atoms with Crippen LogP contribution in [0.1, 0.15) is 40.0 Å². The van der Waals surface area contributed by atoms with Gasteiger partial charge in [-0.3, -0.25) is 0 Å². The molecule has 0 aromatic carbocycles. The van der Waals surface area contributed by atoms with Gasteiger partial charge in [0.1, 0.15) is 0 Å². The van der Waals surface area contributed by atoms with Crippen LogP contribution < -0.4 is 5.32 Å². The first-order chi connectivity index (χ1) is 6.63. The van der Waals surface area contributed by atoms with Crippen LogP contribution in [0.15, 0.2) is 0 Å². The standard InChI is InChI=1S/C12H26N2/c1-10-6-5-7-14(9-10)12(3)8-11(2)13-4/h10-13H,5-9H2,1-4H3. The van der Waals surface area contributed by atoms with Gasteiger partial charge in [-0.15, -0.1) is 0 Å². The van der Waals surface area contributed by atoms with E-state index < -0.39 is 0 Å². The predicted molar refractivity (Wildman–Crippen MR) is 62.6 cm³/mol. The third kappa shape index (κ3) is 3.58. The Morgan fingerprint density at radius 3 is 2.71 bits per heavy atom. The quantitative estimate of drug-likeness (QED) is 0.744. The fourth-order valence-electron chi connectivity index (χ4n) is 2.40. The first-order valence-corrected chi connectivity index (χ1v) is 6.04. The third-order valence-corrected chi connectivity index (χ3v) is 3.50. The molecule has 84 valence electrons. The van der Waals surface area contributed by atoms with E-state index in [1.54, 1.807) is 0 Å². The summed E-state index contributed by atoms with van der Waals surface area (Å²) in [6.45, 7) is 9.62. The Balaban J connectivity index is 2.31. The average molecular weight is 198 g/mol. The van der Waals surface area contributed by atoms with E-state index >= 15 is 0 Å². The Bertz CT molecular complexity index is 158. The molecular weight excluding hydrogens is 172 g/mol. The van der Waals surface area contributed by atoms with Gasteiger partial charge in [-0.05, 0) is 52.6 Å². The highest BCUT2D eigenvalue weighted by atomic mass is 15.2. The summed E-state index contributed by atoms with van der Waals surface area (Å²) in [5, 5.41) is 3.32. The van der Waals surface area contributed by atoms with Gasteiger partial charge in [0, 0.05) is 18.6 Å². The number of nitrogens with one attached hydrogen (secondary N) is 1. The second-order valence-corrected chi connectivity index (χ2v) is 5.02. The largest absolute Gasteiger partial charge is 0.317 e. The lowest BCUT2D eigenvalue weighted by molar-refractivity contribution is 0.127. The molecule has 2 heteroatoms. The number of hydrogen-bond donors (Lipinski definition) is 1. The summed E-state index contributed by atoms with van der Waals surface area (Å²) in [6.07, 6.45) is 4.08. The summed E-state index contributed by atoms with van der Waals surface area (Å²) >= 11 is 0. The van der Waals surface area contributed by atoms with Gasteiger partial charge in [-0.2, -0.15) is 0 Å². The SMILES string of the molecule is CNC(C)CC(C)N1CCCC(C)C1. The van der Waals surface area contributed by atoms with Crippen molar-refractivity contribution in [3.05, 3.63) is 0 Å². The Morgan fingerprint density at radius 2 is 2.14 bits per heavy atom. The van der Waals surface area contributed by atoms with Crippen LogP contribution in [0, 0.1) is 5.92 Å². The average Bonchev–Trinajstić information content (AvgIpc) is 2.17. The zero-order valence-electron chi connectivity index (χ0n) is 10.2. The van der Waals surface area contributed by atoms with E-state index in [0.717, 1.165) is 12.0 Å². The summed E-state index contributed by atoms with van der Waals surface area (Å²) in [5.41, 5.74) is 0. The number of likely N-dealkylation sites (tertiary alicyclic amines) is 1. The number of rotatable bonds is 4. The molecule has 0 saturated carbocycles. The van der Waals surface area contributed by atoms with Crippen molar-refractivity contribution >= 4 is 0 Å². The molecule has 0 radical (unpaired) electrons. The van der Waals surface area contributed by atoms with Gasteiger partial charge >= 0.3 is 0 Å². The van der Waals surface area contributed by atoms with E-state index in [1.165, 1.54) is 32.4 Å². The Hall–Kier alpha value is -0.0800. The molecule has 3 atom stereocenters. The van der Waals surface area contributed by atoms with Crippen molar-refractivity contribution in [3.63, 3.8) is 0 Å². The highest BCUT2D eigenvalue weighted by Crippen LogP contribution is 2.19. The summed E-state index contributed by atoms with van der Waals surface area (Å²) in [6, 6.07) is 1.38. The maximum Gasteiger partial charge on any atom is 0.00817 e. The second kappa shape index (κ2) is 5.72. The van der Waals surface area contributed by atoms with Crippen LogP contribution in [0.3, 0.4) is 0 Å². The van der Waals surface area contributed by atoms with E-state index in [0.29, 0.717) is 6.04 Å². The second-order valence-electron chi connectivity index (χ2n) is 5.02. The number of nitrogens with zero attached hydrogens (tertiary/aromatic N) is 1. The minimum atomic E-state index is 0.641. The summed E-state index contributed by atoms with van der Waals surface area (Å²) in [7, 11) is 2.05. The molecule has 1 saturated heterocycles. The fourth-order valence-corrected chi connectivity index (χ4v) is 2.40. The molecule has 0 amide bonds. The van der Waals surface area contributed by atoms with Gasteiger partial charge in [0.15, 0.2) is 0 Å². The zero-order chi connectivity index (χ0) is 10.6. The van der Waals surface area contributed by atoms with E-state index in [9.17, 15) is 0 Å². The van der Waals surface area contributed by atoms with Crippen molar-refractivity contribution in [2.24, 2.45) is 5.92 Å². The van der Waals surface area contributed by atoms with Gasteiger partial charge in [-0.1, -0.05) is 6.92 Å². The third-order valence-electron chi connectivity index (χ3n) is 3.50. The molecule has 3 unspecified atom stereocenters. The number of piperidine rings is 1. The molecule has 0 aliphatic carbocycles. The lowest BCUT2D eigenvalue weighted by Crippen LogP contribution is -2.43. The van der Waals surface area contributed by atoms with Crippen LogP contribution >= 0.6 is 0 Å². The van der Waals surface area contributed by atoms with Crippen molar-refractivity contribution < 1.29 is 0 Å². The molecule has 0 aromatic rings. The van der Waals surface area contributed by atoms with Crippen LogP contribution in [0.4, 0.5) is 0 Å². The molecule has 0 spiro atoms. The lowest BCUT2D eigenvalue weighted by Gasteiger charge is -2.36. The molecule has 1 fully saturated rings. The smallest absolute Gasteiger partial charge is 0.00817 e. The zero-order valence-corrected chi connectivity index (χ0v) is 10.2. The first kappa shape index (κ1) is 12.0. The van der Waals surface area contributed by atoms with Crippen molar-refractivity contribution in [2.75, 3.05) is 20.1 Å². The van der Waals surface area contributed by atoms with Crippen LogP contribution in [0.5, 0.6) is 0 Å². The Labute approximate surface area is 89.1 Å². The lowest BCUT2D eigenvalue weighted by atomic mass is 9.97. The van der Waals surface area contributed by atoms with Gasteiger partial charge < -0.3 is 10.2 Å². The van der Waals surface area contributed by atoms with Crippen molar-refractivity contribution in [1.82, 2.24) is 10.2 Å². The van der Waals surface area contributed by atoms with Crippen LogP contribution in [0.25, 0.3) is 0 Å². The summed E-state index contributed by atoms with van der Waals surface area (Å²) < 4.78 is 0. The van der Waals surface area contributed by atoms with E-state index in [2.05, 4.69) is 38.0 Å². The minimum absolute atomic E-state index is 0.641. The monoisotopic (exact) mass is 198 g/mol. The maximum atomic E-state index is 3.32.